The number of benzene rings is 3. The first-order valence-electron chi connectivity index (χ1n) is 10.5. The van der Waals surface area contributed by atoms with Crippen molar-refractivity contribution in [3.8, 4) is 0 Å². The maximum atomic E-state index is 13.1. The lowest BCUT2D eigenvalue weighted by molar-refractivity contribution is -0.123. The molecule has 2 N–H and O–H groups in total. The molecule has 0 saturated carbocycles. The highest BCUT2D eigenvalue weighted by molar-refractivity contribution is 6.30. The third kappa shape index (κ3) is 6.94. The molecule has 0 saturated heterocycles. The lowest BCUT2D eigenvalue weighted by atomic mass is 10.0. The molecule has 3 aromatic carbocycles. The van der Waals surface area contributed by atoms with Gasteiger partial charge in [0.1, 0.15) is 6.04 Å². The number of halogens is 1. The first-order valence-corrected chi connectivity index (χ1v) is 10.9. The fraction of sp³-hybridized carbons (Fsp3) is 0.231. The molecule has 0 bridgehead atoms. The van der Waals surface area contributed by atoms with Crippen molar-refractivity contribution in [2.45, 2.75) is 25.6 Å². The van der Waals surface area contributed by atoms with Crippen molar-refractivity contribution in [2.75, 3.05) is 14.1 Å². The molecule has 2 amide bonds. The van der Waals surface area contributed by atoms with Gasteiger partial charge < -0.3 is 15.5 Å². The smallest absolute Gasteiger partial charge is 0.251 e. The summed E-state index contributed by atoms with van der Waals surface area (Å²) in [5.74, 6) is -0.540. The van der Waals surface area contributed by atoms with Crippen LogP contribution in [0.1, 0.15) is 27.0 Å². The zero-order valence-electron chi connectivity index (χ0n) is 18.3. The van der Waals surface area contributed by atoms with Crippen LogP contribution in [0.25, 0.3) is 0 Å². The molecule has 5 nitrogen and oxygen atoms in total. The van der Waals surface area contributed by atoms with E-state index in [2.05, 4.69) is 21.6 Å². The average Bonchev–Trinajstić information content (AvgIpc) is 2.78. The summed E-state index contributed by atoms with van der Waals surface area (Å²) in [5.41, 5.74) is 3.63. The number of nitrogens with zero attached hydrogens (tertiary/aromatic N) is 1. The maximum absolute atomic E-state index is 13.1. The van der Waals surface area contributed by atoms with Gasteiger partial charge in [0.2, 0.25) is 5.91 Å². The number of carbonyl (C=O) groups excluding carboxylic acids is 2. The predicted octanol–water partition coefficient (Wildman–Crippen LogP) is 4.06. The van der Waals surface area contributed by atoms with Crippen molar-refractivity contribution >= 4 is 23.4 Å². The molecular weight excluding hydrogens is 422 g/mol. The second kappa shape index (κ2) is 11.5. The van der Waals surface area contributed by atoms with Gasteiger partial charge >= 0.3 is 0 Å². The molecule has 0 aliphatic rings. The maximum Gasteiger partial charge on any atom is 0.251 e. The van der Waals surface area contributed by atoms with E-state index < -0.39 is 6.04 Å². The molecule has 0 spiro atoms. The molecule has 1 atom stereocenters. The van der Waals surface area contributed by atoms with Crippen molar-refractivity contribution in [3.05, 3.63) is 106 Å². The van der Waals surface area contributed by atoms with Crippen LogP contribution in [0.5, 0.6) is 0 Å². The minimum Gasteiger partial charge on any atom is -0.350 e. The van der Waals surface area contributed by atoms with Gasteiger partial charge in [0.25, 0.3) is 5.91 Å². The van der Waals surface area contributed by atoms with E-state index in [1.54, 1.807) is 24.3 Å². The van der Waals surface area contributed by atoms with Crippen LogP contribution in [0.15, 0.2) is 78.9 Å². The Hall–Kier alpha value is -3.15. The Morgan fingerprint density at radius 3 is 2.16 bits per heavy atom. The summed E-state index contributed by atoms with van der Waals surface area (Å²) in [6.07, 6.45) is 0.394. The molecule has 32 heavy (non-hydrogen) atoms. The van der Waals surface area contributed by atoms with Crippen molar-refractivity contribution in [3.63, 3.8) is 0 Å². The second-order valence-electron chi connectivity index (χ2n) is 7.95. The predicted molar refractivity (Wildman–Crippen MR) is 129 cm³/mol. The van der Waals surface area contributed by atoms with Crippen molar-refractivity contribution < 1.29 is 9.59 Å². The third-order valence-electron chi connectivity index (χ3n) is 5.07. The van der Waals surface area contributed by atoms with E-state index in [4.69, 9.17) is 11.6 Å². The summed E-state index contributed by atoms with van der Waals surface area (Å²) in [5, 5.41) is 6.44. The Labute approximate surface area is 194 Å². The minimum absolute atomic E-state index is 0.226. The lowest BCUT2D eigenvalue weighted by Crippen LogP contribution is -2.47. The highest BCUT2D eigenvalue weighted by Gasteiger charge is 2.22. The molecular formula is C26H28ClN3O2. The van der Waals surface area contributed by atoms with Gasteiger partial charge in [-0.15, -0.1) is 0 Å². The minimum atomic E-state index is -0.707. The van der Waals surface area contributed by atoms with Gasteiger partial charge in [0.05, 0.1) is 0 Å². The third-order valence-corrected chi connectivity index (χ3v) is 5.32. The Morgan fingerprint density at radius 2 is 1.50 bits per heavy atom. The number of amides is 2. The highest BCUT2D eigenvalue weighted by Crippen LogP contribution is 2.12. The van der Waals surface area contributed by atoms with E-state index in [9.17, 15) is 9.59 Å². The zero-order chi connectivity index (χ0) is 22.9. The molecule has 0 heterocycles. The number of rotatable bonds is 9. The van der Waals surface area contributed by atoms with Crippen LogP contribution in [0.2, 0.25) is 5.02 Å². The van der Waals surface area contributed by atoms with Crippen LogP contribution in [0.4, 0.5) is 0 Å². The van der Waals surface area contributed by atoms with Gasteiger partial charge in [-0.25, -0.2) is 0 Å². The molecule has 6 heteroatoms. The summed E-state index contributed by atoms with van der Waals surface area (Å²) in [6, 6.07) is 23.6. The van der Waals surface area contributed by atoms with E-state index in [0.29, 0.717) is 23.6 Å². The largest absolute Gasteiger partial charge is 0.350 e. The summed E-state index contributed by atoms with van der Waals surface area (Å²) < 4.78 is 0. The monoisotopic (exact) mass is 449 g/mol. The van der Waals surface area contributed by atoms with E-state index in [1.165, 1.54) is 0 Å². The normalized spacial score (nSPS) is 11.8. The molecule has 0 aromatic heterocycles. The SMILES string of the molecule is CN(C)Cc1ccccc1CNC(=O)C(Cc1ccccc1)NC(=O)c1ccc(Cl)cc1. The van der Waals surface area contributed by atoms with E-state index in [0.717, 1.165) is 23.2 Å². The molecule has 166 valence electrons. The fourth-order valence-corrected chi connectivity index (χ4v) is 3.56. The van der Waals surface area contributed by atoms with Crippen LogP contribution in [0, 0.1) is 0 Å². The van der Waals surface area contributed by atoms with Crippen molar-refractivity contribution in [1.29, 1.82) is 0 Å². The van der Waals surface area contributed by atoms with E-state index in [-0.39, 0.29) is 11.8 Å². The average molecular weight is 450 g/mol. The van der Waals surface area contributed by atoms with Crippen molar-refractivity contribution in [1.82, 2.24) is 15.5 Å². The van der Waals surface area contributed by atoms with Crippen LogP contribution < -0.4 is 10.6 Å². The Kier molecular flexibility index (Phi) is 8.42. The molecule has 0 aliphatic carbocycles. The number of hydrogen-bond acceptors (Lipinski definition) is 3. The summed E-state index contributed by atoms with van der Waals surface area (Å²) in [4.78, 5) is 28.0. The van der Waals surface area contributed by atoms with Gasteiger partial charge in [-0.2, -0.15) is 0 Å². The van der Waals surface area contributed by atoms with Gasteiger partial charge in [-0.05, 0) is 55.1 Å². The number of nitrogens with one attached hydrogen (secondary N) is 2. The molecule has 0 radical (unpaired) electrons. The van der Waals surface area contributed by atoms with E-state index in [1.807, 2.05) is 62.6 Å². The summed E-state index contributed by atoms with van der Waals surface area (Å²) in [6.45, 7) is 1.18. The number of carbonyl (C=O) groups is 2. The van der Waals surface area contributed by atoms with E-state index >= 15 is 0 Å². The molecule has 1 unspecified atom stereocenters. The Balaban J connectivity index is 1.73. The summed E-state index contributed by atoms with van der Waals surface area (Å²) in [7, 11) is 4.02. The van der Waals surface area contributed by atoms with Crippen LogP contribution in [0.3, 0.4) is 0 Å². The van der Waals surface area contributed by atoms with Gasteiger partial charge in [-0.3, -0.25) is 9.59 Å². The lowest BCUT2D eigenvalue weighted by Gasteiger charge is -2.20. The molecule has 0 aliphatic heterocycles. The molecule has 3 rings (SSSR count). The first kappa shape index (κ1) is 23.5. The Bertz CT molecular complexity index is 1040. The first-order chi connectivity index (χ1) is 15.4. The second-order valence-corrected chi connectivity index (χ2v) is 8.38. The standard InChI is InChI=1S/C26H28ClN3O2/c1-30(2)18-22-11-7-6-10-21(22)17-28-26(32)24(16-19-8-4-3-5-9-19)29-25(31)20-12-14-23(27)15-13-20/h3-15,24H,16-18H2,1-2H3,(H,28,32)(H,29,31). The quantitative estimate of drug-likeness (QED) is 0.518. The van der Waals surface area contributed by atoms with Gasteiger partial charge in [-0.1, -0.05) is 66.2 Å². The molecule has 0 fully saturated rings. The summed E-state index contributed by atoms with van der Waals surface area (Å²) >= 11 is 5.92. The van der Waals surface area contributed by atoms with Crippen LogP contribution >= 0.6 is 11.6 Å². The Morgan fingerprint density at radius 1 is 0.875 bits per heavy atom. The zero-order valence-corrected chi connectivity index (χ0v) is 19.1. The number of hydrogen-bond donors (Lipinski definition) is 2. The molecule has 3 aromatic rings. The van der Waals surface area contributed by atoms with Gasteiger partial charge in [0, 0.05) is 30.1 Å². The topological polar surface area (TPSA) is 61.4 Å². The van der Waals surface area contributed by atoms with Crippen molar-refractivity contribution in [2.24, 2.45) is 0 Å². The van der Waals surface area contributed by atoms with Gasteiger partial charge in [0.15, 0.2) is 0 Å². The van der Waals surface area contributed by atoms with Crippen LogP contribution in [-0.4, -0.2) is 36.9 Å². The van der Waals surface area contributed by atoms with Crippen LogP contribution in [-0.2, 0) is 24.3 Å². The highest BCUT2D eigenvalue weighted by atomic mass is 35.5. The fourth-order valence-electron chi connectivity index (χ4n) is 3.43.